The first-order valence-electron chi connectivity index (χ1n) is 6.35. The van der Waals surface area contributed by atoms with Gasteiger partial charge in [0.1, 0.15) is 0 Å². The van der Waals surface area contributed by atoms with E-state index in [-0.39, 0.29) is 11.8 Å². The molecule has 1 saturated carbocycles. The first-order valence-corrected chi connectivity index (χ1v) is 6.35. The van der Waals surface area contributed by atoms with Gasteiger partial charge in [-0.3, -0.25) is 4.79 Å². The maximum absolute atomic E-state index is 11.8. The topological polar surface area (TPSA) is 45.2 Å². The molecule has 4 heteroatoms. The van der Waals surface area contributed by atoms with Gasteiger partial charge in [-0.25, -0.2) is 4.98 Å². The van der Waals surface area contributed by atoms with Crippen molar-refractivity contribution in [1.29, 1.82) is 0 Å². The highest BCUT2D eigenvalue weighted by molar-refractivity contribution is 5.96. The summed E-state index contributed by atoms with van der Waals surface area (Å²) in [5, 5.41) is 3.01. The van der Waals surface area contributed by atoms with Crippen molar-refractivity contribution in [3.63, 3.8) is 0 Å². The molecule has 1 aliphatic heterocycles. The Balaban J connectivity index is 1.79. The molecule has 1 aromatic heterocycles. The number of hydrogen-bond acceptors (Lipinski definition) is 3. The van der Waals surface area contributed by atoms with Gasteiger partial charge >= 0.3 is 0 Å². The third kappa shape index (κ3) is 2.25. The van der Waals surface area contributed by atoms with Crippen molar-refractivity contribution in [1.82, 2.24) is 4.98 Å². The molecule has 4 nitrogen and oxygen atoms in total. The lowest BCUT2D eigenvalue weighted by Gasteiger charge is -2.19. The first-order chi connectivity index (χ1) is 8.34. The minimum atomic E-state index is 0.151. The number of amides is 1. The van der Waals surface area contributed by atoms with E-state index in [4.69, 9.17) is 0 Å². The second-order valence-corrected chi connectivity index (χ2v) is 4.83. The summed E-state index contributed by atoms with van der Waals surface area (Å²) >= 11 is 0. The fourth-order valence-corrected chi connectivity index (χ4v) is 2.26. The third-order valence-corrected chi connectivity index (χ3v) is 3.40. The van der Waals surface area contributed by atoms with Crippen LogP contribution in [0.25, 0.3) is 0 Å². The summed E-state index contributed by atoms with van der Waals surface area (Å²) in [6.45, 7) is 2.09. The van der Waals surface area contributed by atoms with Crippen LogP contribution in [0.3, 0.4) is 0 Å². The van der Waals surface area contributed by atoms with Crippen molar-refractivity contribution in [3.8, 4) is 0 Å². The van der Waals surface area contributed by atoms with E-state index in [0.29, 0.717) is 0 Å². The van der Waals surface area contributed by atoms with Crippen LogP contribution in [-0.2, 0) is 4.79 Å². The Bertz CT molecular complexity index is 422. The molecule has 1 amide bonds. The van der Waals surface area contributed by atoms with Gasteiger partial charge in [-0.05, 0) is 37.8 Å². The Labute approximate surface area is 101 Å². The summed E-state index contributed by atoms with van der Waals surface area (Å²) < 4.78 is 0. The van der Waals surface area contributed by atoms with Gasteiger partial charge in [0.05, 0.1) is 5.69 Å². The van der Waals surface area contributed by atoms with Gasteiger partial charge in [0.25, 0.3) is 0 Å². The van der Waals surface area contributed by atoms with E-state index < -0.39 is 0 Å². The smallest absolute Gasteiger partial charge is 0.227 e. The van der Waals surface area contributed by atoms with E-state index in [1.54, 1.807) is 6.20 Å². The summed E-state index contributed by atoms with van der Waals surface area (Å²) in [6, 6.07) is 3.82. The number of carbonyl (C=O) groups is 1. The second-order valence-electron chi connectivity index (χ2n) is 4.83. The highest BCUT2D eigenvalue weighted by Gasteiger charge is 2.30. The van der Waals surface area contributed by atoms with Crippen LogP contribution in [0.15, 0.2) is 18.3 Å². The molecule has 0 unspecified atom stereocenters. The number of anilines is 2. The van der Waals surface area contributed by atoms with Crippen LogP contribution in [0, 0.1) is 5.92 Å². The van der Waals surface area contributed by atoms with E-state index in [9.17, 15) is 4.79 Å². The standard InChI is InChI=1S/C13H17N3O/c17-13(10-5-6-10)15-11-4-3-7-14-12(11)16-8-1-2-9-16/h3-4,7,10H,1-2,5-6,8-9H2,(H,15,17). The molecule has 0 spiro atoms. The normalized spacial score (nSPS) is 19.4. The van der Waals surface area contributed by atoms with E-state index in [1.807, 2.05) is 12.1 Å². The Morgan fingerprint density at radius 2 is 2.12 bits per heavy atom. The summed E-state index contributed by atoms with van der Waals surface area (Å²) in [6.07, 6.45) is 6.29. The number of carbonyl (C=O) groups excluding carboxylic acids is 1. The van der Waals surface area contributed by atoms with Crippen molar-refractivity contribution in [2.24, 2.45) is 5.92 Å². The fourth-order valence-electron chi connectivity index (χ4n) is 2.26. The second kappa shape index (κ2) is 4.35. The highest BCUT2D eigenvalue weighted by Crippen LogP contribution is 2.32. The zero-order chi connectivity index (χ0) is 11.7. The molecule has 2 heterocycles. The van der Waals surface area contributed by atoms with Crippen molar-refractivity contribution >= 4 is 17.4 Å². The first kappa shape index (κ1) is 10.6. The lowest BCUT2D eigenvalue weighted by Crippen LogP contribution is -2.22. The highest BCUT2D eigenvalue weighted by atomic mass is 16.2. The minimum Gasteiger partial charge on any atom is -0.355 e. The van der Waals surface area contributed by atoms with Crippen molar-refractivity contribution in [2.75, 3.05) is 23.3 Å². The molecule has 0 bridgehead atoms. The maximum Gasteiger partial charge on any atom is 0.227 e. The predicted octanol–water partition coefficient (Wildman–Crippen LogP) is 2.03. The van der Waals surface area contributed by atoms with E-state index in [2.05, 4.69) is 15.2 Å². The van der Waals surface area contributed by atoms with Crippen LogP contribution in [0.4, 0.5) is 11.5 Å². The Morgan fingerprint density at radius 1 is 1.35 bits per heavy atom. The molecule has 1 saturated heterocycles. The van der Waals surface area contributed by atoms with Crippen molar-refractivity contribution in [3.05, 3.63) is 18.3 Å². The number of nitrogens with one attached hydrogen (secondary N) is 1. The van der Waals surface area contributed by atoms with Crippen LogP contribution in [-0.4, -0.2) is 24.0 Å². The van der Waals surface area contributed by atoms with Crippen LogP contribution in [0.5, 0.6) is 0 Å². The molecule has 3 rings (SSSR count). The summed E-state index contributed by atoms with van der Waals surface area (Å²) in [7, 11) is 0. The Kier molecular flexibility index (Phi) is 2.71. The quantitative estimate of drug-likeness (QED) is 0.865. The zero-order valence-corrected chi connectivity index (χ0v) is 9.85. The molecular formula is C13H17N3O. The van der Waals surface area contributed by atoms with Crippen LogP contribution in [0.2, 0.25) is 0 Å². The average Bonchev–Trinajstić information content (AvgIpc) is 3.06. The fraction of sp³-hybridized carbons (Fsp3) is 0.538. The lowest BCUT2D eigenvalue weighted by molar-refractivity contribution is -0.117. The molecule has 17 heavy (non-hydrogen) atoms. The molecule has 1 aliphatic carbocycles. The summed E-state index contributed by atoms with van der Waals surface area (Å²) in [5.74, 6) is 1.32. The zero-order valence-electron chi connectivity index (χ0n) is 9.85. The van der Waals surface area contributed by atoms with Gasteiger partial charge in [0, 0.05) is 25.2 Å². The third-order valence-electron chi connectivity index (χ3n) is 3.40. The maximum atomic E-state index is 11.8. The van der Waals surface area contributed by atoms with Gasteiger partial charge in [0.2, 0.25) is 5.91 Å². The van der Waals surface area contributed by atoms with Crippen molar-refractivity contribution in [2.45, 2.75) is 25.7 Å². The van der Waals surface area contributed by atoms with Gasteiger partial charge < -0.3 is 10.2 Å². The minimum absolute atomic E-state index is 0.151. The SMILES string of the molecule is O=C(Nc1cccnc1N1CCCC1)C1CC1. The summed E-state index contributed by atoms with van der Waals surface area (Å²) in [5.41, 5.74) is 0.867. The van der Waals surface area contributed by atoms with Crippen LogP contribution < -0.4 is 10.2 Å². The largest absolute Gasteiger partial charge is 0.355 e. The molecule has 0 radical (unpaired) electrons. The van der Waals surface area contributed by atoms with E-state index in [0.717, 1.165) is 37.4 Å². The molecule has 0 atom stereocenters. The molecule has 2 aliphatic rings. The number of aromatic nitrogens is 1. The molecule has 90 valence electrons. The number of pyridine rings is 1. The lowest BCUT2D eigenvalue weighted by atomic mass is 10.3. The molecular weight excluding hydrogens is 214 g/mol. The van der Waals surface area contributed by atoms with Gasteiger partial charge in [-0.2, -0.15) is 0 Å². The average molecular weight is 231 g/mol. The number of rotatable bonds is 3. The van der Waals surface area contributed by atoms with Crippen LogP contribution >= 0.6 is 0 Å². The van der Waals surface area contributed by atoms with Gasteiger partial charge in [-0.15, -0.1) is 0 Å². The Morgan fingerprint density at radius 3 is 2.82 bits per heavy atom. The van der Waals surface area contributed by atoms with Gasteiger partial charge in [0.15, 0.2) is 5.82 Å². The summed E-state index contributed by atoms with van der Waals surface area (Å²) in [4.78, 5) is 18.4. The van der Waals surface area contributed by atoms with Crippen LogP contribution in [0.1, 0.15) is 25.7 Å². The van der Waals surface area contributed by atoms with Crippen molar-refractivity contribution < 1.29 is 4.79 Å². The predicted molar refractivity (Wildman–Crippen MR) is 67.0 cm³/mol. The molecule has 2 fully saturated rings. The molecule has 1 N–H and O–H groups in total. The number of hydrogen-bond donors (Lipinski definition) is 1. The van der Waals surface area contributed by atoms with Gasteiger partial charge in [-0.1, -0.05) is 0 Å². The monoisotopic (exact) mass is 231 g/mol. The molecule has 0 aromatic carbocycles. The molecule has 1 aromatic rings. The Hall–Kier alpha value is -1.58. The van der Waals surface area contributed by atoms with E-state index >= 15 is 0 Å². The number of nitrogens with zero attached hydrogens (tertiary/aromatic N) is 2. The van der Waals surface area contributed by atoms with E-state index in [1.165, 1.54) is 12.8 Å².